The molecule has 1 fully saturated rings. The van der Waals surface area contributed by atoms with Crippen LogP contribution < -0.4 is 16.2 Å². The number of rotatable bonds is 3. The second kappa shape index (κ2) is 6.10. The van der Waals surface area contributed by atoms with E-state index >= 15 is 4.39 Å². The molecule has 1 saturated heterocycles. The molecule has 0 unspecified atom stereocenters. The molecule has 1 aromatic carbocycles. The normalized spacial score (nSPS) is 17.3. The smallest absolute Gasteiger partial charge is 0.160 e. The van der Waals surface area contributed by atoms with Crippen molar-refractivity contribution in [3.63, 3.8) is 0 Å². The largest absolute Gasteiger partial charge is 0.370 e. The number of pyridine rings is 1. The molecule has 0 saturated carbocycles. The number of aromatic nitrogens is 1. The van der Waals surface area contributed by atoms with Crippen LogP contribution in [0.5, 0.6) is 0 Å². The van der Waals surface area contributed by atoms with Crippen LogP contribution in [0.25, 0.3) is 0 Å². The van der Waals surface area contributed by atoms with Gasteiger partial charge in [0.15, 0.2) is 5.82 Å². The number of anilines is 2. The molecule has 1 aliphatic heterocycles. The van der Waals surface area contributed by atoms with Crippen molar-refractivity contribution in [1.82, 2.24) is 4.98 Å². The van der Waals surface area contributed by atoms with Crippen LogP contribution in [0.3, 0.4) is 0 Å². The Kier molecular flexibility index (Phi) is 4.18. The minimum Gasteiger partial charge on any atom is -0.370 e. The maximum Gasteiger partial charge on any atom is 0.160 e. The second-order valence-electron chi connectivity index (χ2n) is 5.46. The first-order valence-corrected chi connectivity index (χ1v) is 7.62. The highest BCUT2D eigenvalue weighted by atomic mass is 35.5. The molecule has 6 heteroatoms. The topological polar surface area (TPSA) is 54.2 Å². The Balaban J connectivity index is 1.77. The lowest BCUT2D eigenvalue weighted by Crippen LogP contribution is -2.40. The van der Waals surface area contributed by atoms with Crippen LogP contribution in [-0.2, 0) is 5.67 Å². The Hall–Kier alpha value is -1.85. The molecule has 116 valence electrons. The fraction of sp³-hybridized carbons (Fsp3) is 0.312. The summed E-state index contributed by atoms with van der Waals surface area (Å²) < 4.78 is 15.1. The van der Waals surface area contributed by atoms with Crippen LogP contribution in [0.1, 0.15) is 18.4 Å². The highest BCUT2D eigenvalue weighted by Crippen LogP contribution is 2.40. The van der Waals surface area contributed by atoms with E-state index in [0.717, 1.165) is 11.3 Å². The molecule has 4 nitrogen and oxygen atoms in total. The minimum atomic E-state index is -1.27. The Morgan fingerprint density at radius 2 is 1.86 bits per heavy atom. The number of hydrazine groups is 1. The van der Waals surface area contributed by atoms with Crippen molar-refractivity contribution in [3.8, 4) is 0 Å². The van der Waals surface area contributed by atoms with Crippen molar-refractivity contribution < 1.29 is 4.39 Å². The van der Waals surface area contributed by atoms with E-state index in [-0.39, 0.29) is 0 Å². The van der Waals surface area contributed by atoms with Gasteiger partial charge >= 0.3 is 0 Å². The van der Waals surface area contributed by atoms with Gasteiger partial charge in [-0.1, -0.05) is 41.9 Å². The van der Waals surface area contributed by atoms with Gasteiger partial charge in [-0.2, -0.15) is 0 Å². The third-order valence-electron chi connectivity index (χ3n) is 4.19. The number of nitrogens with one attached hydrogen (secondary N) is 1. The lowest BCUT2D eigenvalue weighted by atomic mass is 9.86. The van der Waals surface area contributed by atoms with Crippen molar-refractivity contribution in [3.05, 3.63) is 53.2 Å². The monoisotopic (exact) mass is 320 g/mol. The van der Waals surface area contributed by atoms with Gasteiger partial charge in [-0.15, -0.1) is 0 Å². The molecule has 0 aliphatic carbocycles. The molecule has 0 atom stereocenters. The van der Waals surface area contributed by atoms with Crippen LogP contribution in [0, 0.1) is 0 Å². The first kappa shape index (κ1) is 15.1. The van der Waals surface area contributed by atoms with Crippen LogP contribution in [0.4, 0.5) is 15.9 Å². The van der Waals surface area contributed by atoms with Crippen LogP contribution >= 0.6 is 11.6 Å². The van der Waals surface area contributed by atoms with Crippen molar-refractivity contribution in [1.29, 1.82) is 0 Å². The van der Waals surface area contributed by atoms with E-state index < -0.39 is 5.67 Å². The number of nitrogen functional groups attached to an aromatic ring is 1. The minimum absolute atomic E-state index is 0.430. The van der Waals surface area contributed by atoms with E-state index in [2.05, 4.69) is 15.3 Å². The standard InChI is InChI=1S/C16H18ClFN4/c17-14-13(6-9-20-15(14)21-19)22-10-7-16(18,8-11-22)12-4-2-1-3-5-12/h1-6,9H,7-8,10-11,19H2,(H,20,21). The summed E-state index contributed by atoms with van der Waals surface area (Å²) in [5, 5.41) is 0.469. The number of benzene rings is 1. The number of nitrogens with zero attached hydrogens (tertiary/aromatic N) is 2. The third kappa shape index (κ3) is 2.74. The maximum absolute atomic E-state index is 15.1. The molecule has 22 heavy (non-hydrogen) atoms. The van der Waals surface area contributed by atoms with Crippen LogP contribution in [-0.4, -0.2) is 18.1 Å². The van der Waals surface area contributed by atoms with E-state index in [1.54, 1.807) is 6.20 Å². The molecule has 2 aromatic rings. The van der Waals surface area contributed by atoms with E-state index in [1.807, 2.05) is 36.4 Å². The van der Waals surface area contributed by atoms with Crippen molar-refractivity contribution >= 4 is 23.1 Å². The number of piperidine rings is 1. The molecule has 1 aliphatic rings. The Labute approximate surface area is 134 Å². The quantitative estimate of drug-likeness (QED) is 0.671. The van der Waals surface area contributed by atoms with Gasteiger partial charge in [0.1, 0.15) is 10.7 Å². The van der Waals surface area contributed by atoms with Gasteiger partial charge in [0, 0.05) is 32.1 Å². The summed E-state index contributed by atoms with van der Waals surface area (Å²) in [5.74, 6) is 5.82. The predicted octanol–water partition coefficient (Wildman–Crippen LogP) is 3.49. The Morgan fingerprint density at radius 1 is 1.18 bits per heavy atom. The van der Waals surface area contributed by atoms with E-state index in [9.17, 15) is 0 Å². The van der Waals surface area contributed by atoms with Gasteiger partial charge in [0.25, 0.3) is 0 Å². The first-order valence-electron chi connectivity index (χ1n) is 7.24. The fourth-order valence-corrected chi connectivity index (χ4v) is 3.19. The number of nitrogens with two attached hydrogens (primary N) is 1. The summed E-state index contributed by atoms with van der Waals surface area (Å²) >= 11 is 6.29. The molecule has 0 spiro atoms. The molecule has 0 bridgehead atoms. The van der Waals surface area contributed by atoms with E-state index in [4.69, 9.17) is 17.4 Å². The highest BCUT2D eigenvalue weighted by molar-refractivity contribution is 6.35. The SMILES string of the molecule is NNc1nccc(N2CCC(F)(c3ccccc3)CC2)c1Cl. The summed E-state index contributed by atoms with van der Waals surface area (Å²) in [6, 6.07) is 11.2. The Morgan fingerprint density at radius 3 is 2.50 bits per heavy atom. The van der Waals surface area contributed by atoms with Crippen molar-refractivity contribution in [2.24, 2.45) is 5.84 Å². The summed E-state index contributed by atoms with van der Waals surface area (Å²) in [4.78, 5) is 6.13. The van der Waals surface area contributed by atoms with Gasteiger partial charge in [0.2, 0.25) is 0 Å². The molecule has 2 heterocycles. The second-order valence-corrected chi connectivity index (χ2v) is 5.83. The highest BCUT2D eigenvalue weighted by Gasteiger charge is 2.36. The zero-order valence-corrected chi connectivity index (χ0v) is 12.9. The fourth-order valence-electron chi connectivity index (χ4n) is 2.91. The number of hydrogen-bond acceptors (Lipinski definition) is 4. The molecule has 3 N–H and O–H groups in total. The van der Waals surface area contributed by atoms with Crippen LogP contribution in [0.2, 0.25) is 5.02 Å². The van der Waals surface area contributed by atoms with Gasteiger partial charge in [-0.05, 0) is 11.6 Å². The van der Waals surface area contributed by atoms with Gasteiger partial charge in [0.05, 0.1) is 5.69 Å². The van der Waals surface area contributed by atoms with Gasteiger partial charge < -0.3 is 10.3 Å². The zero-order valence-electron chi connectivity index (χ0n) is 12.1. The van der Waals surface area contributed by atoms with Gasteiger partial charge in [-0.3, -0.25) is 0 Å². The number of hydrogen-bond donors (Lipinski definition) is 2. The molecule has 0 radical (unpaired) electrons. The van der Waals surface area contributed by atoms with Crippen molar-refractivity contribution in [2.45, 2.75) is 18.5 Å². The molecule has 3 rings (SSSR count). The summed E-state index contributed by atoms with van der Waals surface area (Å²) in [6.45, 7) is 1.19. The first-order chi connectivity index (χ1) is 10.6. The third-order valence-corrected chi connectivity index (χ3v) is 4.57. The lowest BCUT2D eigenvalue weighted by Gasteiger charge is -2.38. The molecule has 1 aromatic heterocycles. The average Bonchev–Trinajstić information content (AvgIpc) is 2.57. The predicted molar refractivity (Wildman–Crippen MR) is 87.7 cm³/mol. The van der Waals surface area contributed by atoms with Crippen LogP contribution in [0.15, 0.2) is 42.6 Å². The lowest BCUT2D eigenvalue weighted by molar-refractivity contribution is 0.125. The number of halogens is 2. The summed E-state index contributed by atoms with van der Waals surface area (Å²) in [5.41, 5.74) is 2.78. The summed E-state index contributed by atoms with van der Waals surface area (Å²) in [7, 11) is 0. The maximum atomic E-state index is 15.1. The number of alkyl halides is 1. The zero-order chi connectivity index (χ0) is 15.6. The molecule has 0 amide bonds. The van der Waals surface area contributed by atoms with E-state index in [1.165, 1.54) is 0 Å². The van der Waals surface area contributed by atoms with Gasteiger partial charge in [-0.25, -0.2) is 15.2 Å². The summed E-state index contributed by atoms with van der Waals surface area (Å²) in [6.07, 6.45) is 2.51. The molecular formula is C16H18ClFN4. The molecular weight excluding hydrogens is 303 g/mol. The Bertz CT molecular complexity index is 642. The average molecular weight is 321 g/mol. The van der Waals surface area contributed by atoms with E-state index in [0.29, 0.717) is 36.8 Å². The van der Waals surface area contributed by atoms with Crippen molar-refractivity contribution in [2.75, 3.05) is 23.4 Å².